The van der Waals surface area contributed by atoms with Gasteiger partial charge in [0.15, 0.2) is 10.3 Å². The lowest BCUT2D eigenvalue weighted by atomic mass is 10.1. The normalized spacial score (nSPS) is 10.3. The number of aryl methyl sites for hydroxylation is 1. The second-order valence-electron chi connectivity index (χ2n) is 3.72. The van der Waals surface area contributed by atoms with Gasteiger partial charge >= 0.3 is 0 Å². The molecule has 1 amide bonds. The largest absolute Gasteiger partial charge is 0.317 e. The Morgan fingerprint density at radius 2 is 1.89 bits per heavy atom. The molecule has 1 N–H and O–H groups in total. The average Bonchev–Trinajstić information content (AvgIpc) is 2.37. The minimum Gasteiger partial charge on any atom is -0.317 e. The fourth-order valence-corrected chi connectivity index (χ4v) is 1.86. The zero-order valence-electron chi connectivity index (χ0n) is 9.75. The van der Waals surface area contributed by atoms with Crippen molar-refractivity contribution in [3.63, 3.8) is 0 Å². The summed E-state index contributed by atoms with van der Waals surface area (Å²) in [5, 5.41) is 2.37. The number of benzene rings is 1. The first-order valence-corrected chi connectivity index (χ1v) is 5.98. The van der Waals surface area contributed by atoms with Gasteiger partial charge in [0.25, 0.3) is 5.91 Å². The van der Waals surface area contributed by atoms with Crippen LogP contribution < -0.4 is 5.32 Å². The highest BCUT2D eigenvalue weighted by Crippen LogP contribution is 2.26. The first kappa shape index (κ1) is 13.7. The standard InChI is InChI=1S/C12H8Cl2FN3O/c1-6-3-2-4-7(8(6)15)12(19)18-9-10(13)16-5-17-11(9)14/h2-5H,1H3,(H,18,19). The Balaban J connectivity index is 2.34. The van der Waals surface area contributed by atoms with Crippen LogP contribution in [0.1, 0.15) is 15.9 Å². The number of hydrogen-bond acceptors (Lipinski definition) is 3. The molecule has 0 fully saturated rings. The Hall–Kier alpha value is -1.72. The molecule has 0 unspecified atom stereocenters. The van der Waals surface area contributed by atoms with E-state index in [4.69, 9.17) is 23.2 Å². The Bertz CT molecular complexity index is 629. The predicted molar refractivity (Wildman–Crippen MR) is 71.1 cm³/mol. The number of carbonyl (C=O) groups excluding carboxylic acids is 1. The van der Waals surface area contributed by atoms with E-state index in [2.05, 4.69) is 15.3 Å². The summed E-state index contributed by atoms with van der Waals surface area (Å²) in [7, 11) is 0. The van der Waals surface area contributed by atoms with Crippen LogP contribution in [0, 0.1) is 12.7 Å². The number of halogens is 3. The van der Waals surface area contributed by atoms with Gasteiger partial charge in [-0.25, -0.2) is 14.4 Å². The summed E-state index contributed by atoms with van der Waals surface area (Å²) in [6.07, 6.45) is 1.16. The number of aromatic nitrogens is 2. The molecule has 0 spiro atoms. The van der Waals surface area contributed by atoms with Gasteiger partial charge in [0.05, 0.1) is 5.56 Å². The summed E-state index contributed by atoms with van der Waals surface area (Å²) in [4.78, 5) is 19.3. The van der Waals surface area contributed by atoms with Gasteiger partial charge in [0, 0.05) is 0 Å². The summed E-state index contributed by atoms with van der Waals surface area (Å²) >= 11 is 11.6. The number of nitrogens with zero attached hydrogens (tertiary/aromatic N) is 2. The summed E-state index contributed by atoms with van der Waals surface area (Å²) < 4.78 is 13.8. The van der Waals surface area contributed by atoms with Crippen LogP contribution in [0.5, 0.6) is 0 Å². The van der Waals surface area contributed by atoms with Crippen molar-refractivity contribution < 1.29 is 9.18 Å². The molecular formula is C12H8Cl2FN3O. The minimum atomic E-state index is -0.667. The van der Waals surface area contributed by atoms with Gasteiger partial charge in [0.1, 0.15) is 17.8 Å². The molecule has 0 bridgehead atoms. The van der Waals surface area contributed by atoms with Gasteiger partial charge in [0.2, 0.25) is 0 Å². The lowest BCUT2D eigenvalue weighted by Gasteiger charge is -2.09. The summed E-state index contributed by atoms with van der Waals surface area (Å²) in [5.74, 6) is -1.26. The second kappa shape index (κ2) is 5.50. The maximum Gasteiger partial charge on any atom is 0.258 e. The SMILES string of the molecule is Cc1cccc(C(=O)Nc2c(Cl)ncnc2Cl)c1F. The fraction of sp³-hybridized carbons (Fsp3) is 0.0833. The van der Waals surface area contributed by atoms with Gasteiger partial charge in [-0.1, -0.05) is 35.3 Å². The van der Waals surface area contributed by atoms with E-state index in [9.17, 15) is 9.18 Å². The number of rotatable bonds is 2. The van der Waals surface area contributed by atoms with E-state index in [-0.39, 0.29) is 21.6 Å². The smallest absolute Gasteiger partial charge is 0.258 e. The number of nitrogens with one attached hydrogen (secondary N) is 1. The van der Waals surface area contributed by atoms with Crippen LogP contribution in [0.15, 0.2) is 24.5 Å². The zero-order chi connectivity index (χ0) is 14.0. The molecule has 7 heteroatoms. The first-order chi connectivity index (χ1) is 9.00. The molecule has 1 aromatic carbocycles. The number of hydrogen-bond donors (Lipinski definition) is 1. The second-order valence-corrected chi connectivity index (χ2v) is 4.44. The molecule has 0 saturated heterocycles. The number of anilines is 1. The molecule has 0 saturated carbocycles. The molecule has 19 heavy (non-hydrogen) atoms. The van der Waals surface area contributed by atoms with E-state index in [1.165, 1.54) is 6.07 Å². The monoisotopic (exact) mass is 299 g/mol. The van der Waals surface area contributed by atoms with Gasteiger partial charge < -0.3 is 5.32 Å². The van der Waals surface area contributed by atoms with E-state index in [1.807, 2.05) is 0 Å². The molecule has 1 heterocycles. The van der Waals surface area contributed by atoms with E-state index in [0.29, 0.717) is 5.56 Å². The lowest BCUT2D eigenvalue weighted by molar-refractivity contribution is 0.102. The Labute approximate surface area is 118 Å². The van der Waals surface area contributed by atoms with Crippen molar-refractivity contribution in [3.8, 4) is 0 Å². The Morgan fingerprint density at radius 1 is 1.26 bits per heavy atom. The van der Waals surface area contributed by atoms with Crippen molar-refractivity contribution in [3.05, 3.63) is 51.8 Å². The lowest BCUT2D eigenvalue weighted by Crippen LogP contribution is -2.15. The molecule has 2 aromatic rings. The number of carbonyl (C=O) groups is 1. The molecule has 98 valence electrons. The van der Waals surface area contributed by atoms with Crippen molar-refractivity contribution in [2.45, 2.75) is 6.92 Å². The Morgan fingerprint density at radius 3 is 2.53 bits per heavy atom. The average molecular weight is 300 g/mol. The molecule has 1 aromatic heterocycles. The third-order valence-electron chi connectivity index (χ3n) is 2.43. The summed E-state index contributed by atoms with van der Waals surface area (Å²) in [6, 6.07) is 4.51. The van der Waals surface area contributed by atoms with Crippen LogP contribution in [0.3, 0.4) is 0 Å². The topological polar surface area (TPSA) is 54.9 Å². The molecule has 0 aliphatic rings. The molecule has 2 rings (SSSR count). The zero-order valence-corrected chi connectivity index (χ0v) is 11.3. The van der Waals surface area contributed by atoms with Crippen LogP contribution in [0.4, 0.5) is 10.1 Å². The molecule has 0 aliphatic carbocycles. The van der Waals surface area contributed by atoms with Gasteiger partial charge in [-0.05, 0) is 18.6 Å². The predicted octanol–water partition coefficient (Wildman–Crippen LogP) is 3.48. The fourth-order valence-electron chi connectivity index (χ4n) is 1.45. The van der Waals surface area contributed by atoms with E-state index < -0.39 is 11.7 Å². The van der Waals surface area contributed by atoms with Gasteiger partial charge in [-0.3, -0.25) is 4.79 Å². The van der Waals surface area contributed by atoms with Crippen molar-refractivity contribution in [2.24, 2.45) is 0 Å². The van der Waals surface area contributed by atoms with Crippen molar-refractivity contribution in [1.82, 2.24) is 9.97 Å². The third kappa shape index (κ3) is 2.83. The highest BCUT2D eigenvalue weighted by Gasteiger charge is 2.17. The summed E-state index contributed by atoms with van der Waals surface area (Å²) in [5.41, 5.74) is 0.321. The molecule has 0 aliphatic heterocycles. The maximum absolute atomic E-state index is 13.8. The minimum absolute atomic E-state index is 0.0126. The van der Waals surface area contributed by atoms with Crippen molar-refractivity contribution >= 4 is 34.8 Å². The summed E-state index contributed by atoms with van der Waals surface area (Å²) in [6.45, 7) is 1.57. The molecule has 4 nitrogen and oxygen atoms in total. The van der Waals surface area contributed by atoms with Crippen LogP contribution in [0.25, 0.3) is 0 Å². The first-order valence-electron chi connectivity index (χ1n) is 5.23. The van der Waals surface area contributed by atoms with Crippen LogP contribution >= 0.6 is 23.2 Å². The van der Waals surface area contributed by atoms with E-state index >= 15 is 0 Å². The highest BCUT2D eigenvalue weighted by atomic mass is 35.5. The van der Waals surface area contributed by atoms with Crippen LogP contribution in [-0.2, 0) is 0 Å². The third-order valence-corrected chi connectivity index (χ3v) is 3.00. The van der Waals surface area contributed by atoms with Crippen molar-refractivity contribution in [2.75, 3.05) is 5.32 Å². The maximum atomic E-state index is 13.8. The van der Waals surface area contributed by atoms with E-state index in [1.54, 1.807) is 19.1 Å². The molecule has 0 atom stereocenters. The Kier molecular flexibility index (Phi) is 3.97. The van der Waals surface area contributed by atoms with Crippen LogP contribution in [-0.4, -0.2) is 15.9 Å². The quantitative estimate of drug-likeness (QED) is 0.864. The van der Waals surface area contributed by atoms with Gasteiger partial charge in [-0.15, -0.1) is 0 Å². The highest BCUT2D eigenvalue weighted by molar-refractivity contribution is 6.38. The molecular weight excluding hydrogens is 292 g/mol. The van der Waals surface area contributed by atoms with Crippen molar-refractivity contribution in [1.29, 1.82) is 0 Å². The number of amides is 1. The van der Waals surface area contributed by atoms with Gasteiger partial charge in [-0.2, -0.15) is 0 Å². The van der Waals surface area contributed by atoms with Crippen LogP contribution in [0.2, 0.25) is 10.3 Å². The van der Waals surface area contributed by atoms with E-state index in [0.717, 1.165) is 6.33 Å². The molecule has 0 radical (unpaired) electrons.